The summed E-state index contributed by atoms with van der Waals surface area (Å²) >= 11 is 2.05. The molecule has 0 radical (unpaired) electrons. The molecule has 0 unspecified atom stereocenters. The summed E-state index contributed by atoms with van der Waals surface area (Å²) in [5.41, 5.74) is 1.36. The van der Waals surface area contributed by atoms with Gasteiger partial charge in [0.15, 0.2) is 0 Å². The van der Waals surface area contributed by atoms with Crippen LogP contribution < -0.4 is 10.1 Å². The predicted octanol–water partition coefficient (Wildman–Crippen LogP) is 2.93. The summed E-state index contributed by atoms with van der Waals surface area (Å²) in [7, 11) is 1.72. The van der Waals surface area contributed by atoms with Gasteiger partial charge < -0.3 is 10.1 Å². The molecule has 1 fully saturated rings. The van der Waals surface area contributed by atoms with Crippen molar-refractivity contribution in [2.24, 2.45) is 5.92 Å². The van der Waals surface area contributed by atoms with Gasteiger partial charge in [-0.2, -0.15) is 11.8 Å². The van der Waals surface area contributed by atoms with Crippen LogP contribution in [0.2, 0.25) is 0 Å². The summed E-state index contributed by atoms with van der Waals surface area (Å²) in [5, 5.41) is 3.41. The SMILES string of the molecule is COc1cccc(CSCC2CCNCC2)c1. The Bertz CT molecular complexity index is 337. The Balaban J connectivity index is 1.73. The minimum Gasteiger partial charge on any atom is -0.497 e. The van der Waals surface area contributed by atoms with Crippen LogP contribution in [0, 0.1) is 5.92 Å². The topological polar surface area (TPSA) is 21.3 Å². The molecule has 1 heterocycles. The van der Waals surface area contributed by atoms with E-state index in [-0.39, 0.29) is 0 Å². The van der Waals surface area contributed by atoms with Crippen LogP contribution in [-0.4, -0.2) is 26.0 Å². The molecule has 1 saturated heterocycles. The third kappa shape index (κ3) is 4.25. The molecule has 1 aliphatic heterocycles. The average molecular weight is 251 g/mol. The Labute approximate surface area is 108 Å². The normalized spacial score (nSPS) is 17.0. The second-order valence-corrected chi connectivity index (χ2v) is 5.59. The fraction of sp³-hybridized carbons (Fsp3) is 0.571. The van der Waals surface area contributed by atoms with Crippen molar-refractivity contribution >= 4 is 11.8 Å². The molecule has 0 spiro atoms. The molecule has 3 heteroatoms. The van der Waals surface area contributed by atoms with Gasteiger partial charge in [-0.3, -0.25) is 0 Å². The third-order valence-corrected chi connectivity index (χ3v) is 4.46. The molecule has 2 rings (SSSR count). The van der Waals surface area contributed by atoms with Crippen molar-refractivity contribution in [3.05, 3.63) is 29.8 Å². The number of hydrogen-bond acceptors (Lipinski definition) is 3. The van der Waals surface area contributed by atoms with Gasteiger partial charge in [0.25, 0.3) is 0 Å². The smallest absolute Gasteiger partial charge is 0.119 e. The highest BCUT2D eigenvalue weighted by atomic mass is 32.2. The molecule has 17 heavy (non-hydrogen) atoms. The highest BCUT2D eigenvalue weighted by molar-refractivity contribution is 7.98. The fourth-order valence-electron chi connectivity index (χ4n) is 2.15. The number of hydrogen-bond donors (Lipinski definition) is 1. The molecule has 94 valence electrons. The van der Waals surface area contributed by atoms with Crippen LogP contribution in [0.1, 0.15) is 18.4 Å². The van der Waals surface area contributed by atoms with Crippen LogP contribution in [0.15, 0.2) is 24.3 Å². The van der Waals surface area contributed by atoms with E-state index < -0.39 is 0 Å². The lowest BCUT2D eigenvalue weighted by Crippen LogP contribution is -2.28. The molecule has 0 bridgehead atoms. The maximum Gasteiger partial charge on any atom is 0.119 e. The maximum absolute atomic E-state index is 5.23. The van der Waals surface area contributed by atoms with Gasteiger partial charge in [-0.05, 0) is 55.3 Å². The molecular weight excluding hydrogens is 230 g/mol. The Morgan fingerprint density at radius 1 is 1.35 bits per heavy atom. The van der Waals surface area contributed by atoms with Crippen LogP contribution in [-0.2, 0) is 5.75 Å². The summed E-state index contributed by atoms with van der Waals surface area (Å²) in [6.45, 7) is 2.40. The second-order valence-electron chi connectivity index (χ2n) is 4.56. The van der Waals surface area contributed by atoms with Crippen LogP contribution in [0.4, 0.5) is 0 Å². The zero-order chi connectivity index (χ0) is 11.9. The van der Waals surface area contributed by atoms with Crippen molar-refractivity contribution < 1.29 is 4.74 Å². The second kappa shape index (κ2) is 6.92. The van der Waals surface area contributed by atoms with Gasteiger partial charge in [0, 0.05) is 5.75 Å². The highest BCUT2D eigenvalue weighted by Crippen LogP contribution is 2.22. The average Bonchev–Trinajstić information content (AvgIpc) is 2.40. The third-order valence-electron chi connectivity index (χ3n) is 3.22. The molecule has 1 aliphatic rings. The van der Waals surface area contributed by atoms with Gasteiger partial charge >= 0.3 is 0 Å². The Hall–Kier alpha value is -0.670. The summed E-state index contributed by atoms with van der Waals surface area (Å²) in [5.74, 6) is 4.26. The van der Waals surface area contributed by atoms with Gasteiger partial charge in [0.05, 0.1) is 7.11 Å². The van der Waals surface area contributed by atoms with Crippen LogP contribution in [0.25, 0.3) is 0 Å². The van der Waals surface area contributed by atoms with Crippen LogP contribution >= 0.6 is 11.8 Å². The first-order chi connectivity index (χ1) is 8.38. The number of methoxy groups -OCH3 is 1. The summed E-state index contributed by atoms with van der Waals surface area (Å²) < 4.78 is 5.23. The van der Waals surface area contributed by atoms with Gasteiger partial charge in [-0.1, -0.05) is 12.1 Å². The van der Waals surface area contributed by atoms with E-state index >= 15 is 0 Å². The Morgan fingerprint density at radius 3 is 2.94 bits per heavy atom. The number of nitrogens with one attached hydrogen (secondary N) is 1. The number of rotatable bonds is 5. The molecule has 1 aromatic carbocycles. The van der Waals surface area contributed by atoms with Gasteiger partial charge in [0.2, 0.25) is 0 Å². The van der Waals surface area contributed by atoms with Crippen LogP contribution in [0.3, 0.4) is 0 Å². The van der Waals surface area contributed by atoms with E-state index in [0.29, 0.717) is 0 Å². The first-order valence-corrected chi connectivity index (χ1v) is 7.45. The predicted molar refractivity (Wildman–Crippen MR) is 74.7 cm³/mol. The number of benzene rings is 1. The minimum absolute atomic E-state index is 0.909. The van der Waals surface area contributed by atoms with Gasteiger partial charge in [0.1, 0.15) is 5.75 Å². The van der Waals surface area contributed by atoms with Crippen molar-refractivity contribution in [2.75, 3.05) is 26.0 Å². The molecule has 0 atom stereocenters. The summed E-state index contributed by atoms with van der Waals surface area (Å²) in [6.07, 6.45) is 2.68. The Kier molecular flexibility index (Phi) is 5.20. The van der Waals surface area contributed by atoms with Crippen molar-refractivity contribution in [1.29, 1.82) is 0 Å². The van der Waals surface area contributed by atoms with Crippen molar-refractivity contribution in [2.45, 2.75) is 18.6 Å². The molecule has 1 aromatic rings. The minimum atomic E-state index is 0.909. The van der Waals surface area contributed by atoms with E-state index in [4.69, 9.17) is 4.74 Å². The maximum atomic E-state index is 5.23. The number of ether oxygens (including phenoxy) is 1. The molecule has 0 saturated carbocycles. The summed E-state index contributed by atoms with van der Waals surface area (Å²) in [6, 6.07) is 8.38. The molecule has 0 aromatic heterocycles. The van der Waals surface area contributed by atoms with E-state index in [9.17, 15) is 0 Å². The number of piperidine rings is 1. The lowest BCUT2D eigenvalue weighted by molar-refractivity contribution is 0.408. The number of thioether (sulfide) groups is 1. The molecule has 1 N–H and O–H groups in total. The standard InChI is InChI=1S/C14H21NOS/c1-16-14-4-2-3-13(9-14)11-17-10-12-5-7-15-8-6-12/h2-4,9,12,15H,5-8,10-11H2,1H3. The summed E-state index contributed by atoms with van der Waals surface area (Å²) in [4.78, 5) is 0. The van der Waals surface area contributed by atoms with Gasteiger partial charge in [-0.25, -0.2) is 0 Å². The zero-order valence-corrected chi connectivity index (χ0v) is 11.3. The molecule has 0 aliphatic carbocycles. The van der Waals surface area contributed by atoms with Gasteiger partial charge in [-0.15, -0.1) is 0 Å². The fourth-order valence-corrected chi connectivity index (χ4v) is 3.35. The lowest BCUT2D eigenvalue weighted by atomic mass is 10.0. The van der Waals surface area contributed by atoms with E-state index in [1.807, 2.05) is 17.8 Å². The highest BCUT2D eigenvalue weighted by Gasteiger charge is 2.12. The van der Waals surface area contributed by atoms with Crippen LogP contribution in [0.5, 0.6) is 5.75 Å². The van der Waals surface area contributed by atoms with Crippen molar-refractivity contribution in [3.8, 4) is 5.75 Å². The zero-order valence-electron chi connectivity index (χ0n) is 10.4. The largest absolute Gasteiger partial charge is 0.497 e. The van der Waals surface area contributed by atoms with E-state index in [1.165, 1.54) is 37.2 Å². The van der Waals surface area contributed by atoms with E-state index in [2.05, 4.69) is 23.5 Å². The molecular formula is C14H21NOS. The lowest BCUT2D eigenvalue weighted by Gasteiger charge is -2.22. The molecule has 0 amide bonds. The van der Waals surface area contributed by atoms with E-state index in [0.717, 1.165) is 17.4 Å². The first-order valence-electron chi connectivity index (χ1n) is 6.30. The molecule has 2 nitrogen and oxygen atoms in total. The monoisotopic (exact) mass is 251 g/mol. The Morgan fingerprint density at radius 2 is 2.18 bits per heavy atom. The van der Waals surface area contributed by atoms with E-state index in [1.54, 1.807) is 7.11 Å². The van der Waals surface area contributed by atoms with Crippen molar-refractivity contribution in [3.63, 3.8) is 0 Å². The quantitative estimate of drug-likeness (QED) is 0.869. The first kappa shape index (κ1) is 12.8. The van der Waals surface area contributed by atoms with Crippen molar-refractivity contribution in [1.82, 2.24) is 5.32 Å².